The van der Waals surface area contributed by atoms with Gasteiger partial charge < -0.3 is 10.1 Å². The van der Waals surface area contributed by atoms with Crippen molar-refractivity contribution in [2.75, 3.05) is 7.11 Å². The molecule has 0 aliphatic heterocycles. The second-order valence-electron chi connectivity index (χ2n) is 4.89. The molecule has 0 saturated heterocycles. The average Bonchev–Trinajstić information content (AvgIpc) is 2.48. The summed E-state index contributed by atoms with van der Waals surface area (Å²) in [5.74, 6) is 0.733. The lowest BCUT2D eigenvalue weighted by atomic mass is 10.1. The predicted molar refractivity (Wildman–Crippen MR) is 79.4 cm³/mol. The maximum Gasteiger partial charge on any atom is 0.126 e. The van der Waals surface area contributed by atoms with Gasteiger partial charge in [-0.1, -0.05) is 36.4 Å². The average molecular weight is 273 g/mol. The molecule has 2 aromatic carbocycles. The lowest BCUT2D eigenvalue weighted by Gasteiger charge is -2.15. The van der Waals surface area contributed by atoms with Crippen LogP contribution in [0.3, 0.4) is 0 Å². The van der Waals surface area contributed by atoms with E-state index in [1.807, 2.05) is 36.4 Å². The lowest BCUT2D eigenvalue weighted by Crippen LogP contribution is -2.28. The van der Waals surface area contributed by atoms with Crippen molar-refractivity contribution in [2.45, 2.75) is 25.9 Å². The second kappa shape index (κ2) is 7.06. The van der Waals surface area contributed by atoms with Crippen molar-refractivity contribution in [3.05, 3.63) is 65.5 Å². The van der Waals surface area contributed by atoms with Crippen LogP contribution in [0.25, 0.3) is 0 Å². The van der Waals surface area contributed by atoms with Crippen LogP contribution in [-0.4, -0.2) is 13.2 Å². The number of hydrogen-bond acceptors (Lipinski definition) is 2. The molecule has 2 rings (SSSR count). The largest absolute Gasteiger partial charge is 0.496 e. The quantitative estimate of drug-likeness (QED) is 0.869. The van der Waals surface area contributed by atoms with E-state index in [0.717, 1.165) is 16.9 Å². The van der Waals surface area contributed by atoms with Gasteiger partial charge in [0.05, 0.1) is 7.11 Å². The van der Waals surface area contributed by atoms with Crippen molar-refractivity contribution in [3.63, 3.8) is 0 Å². The Kier molecular flexibility index (Phi) is 5.13. The normalized spacial score (nSPS) is 12.2. The van der Waals surface area contributed by atoms with Crippen molar-refractivity contribution in [1.82, 2.24) is 5.32 Å². The monoisotopic (exact) mass is 273 g/mol. The molecule has 0 aliphatic carbocycles. The second-order valence-corrected chi connectivity index (χ2v) is 4.89. The molecule has 0 spiro atoms. The minimum Gasteiger partial charge on any atom is -0.496 e. The highest BCUT2D eigenvalue weighted by Gasteiger charge is 2.08. The van der Waals surface area contributed by atoms with E-state index in [9.17, 15) is 4.39 Å². The molecule has 0 bridgehead atoms. The Morgan fingerprint density at radius 2 is 1.70 bits per heavy atom. The summed E-state index contributed by atoms with van der Waals surface area (Å²) in [6, 6.07) is 15.0. The molecular weight excluding hydrogens is 253 g/mol. The van der Waals surface area contributed by atoms with E-state index in [2.05, 4.69) is 12.2 Å². The highest BCUT2D eigenvalue weighted by Crippen LogP contribution is 2.17. The van der Waals surface area contributed by atoms with Crippen molar-refractivity contribution in [3.8, 4) is 5.75 Å². The van der Waals surface area contributed by atoms with Crippen molar-refractivity contribution < 1.29 is 9.13 Å². The molecule has 0 radical (unpaired) electrons. The number of rotatable bonds is 6. The van der Waals surface area contributed by atoms with E-state index in [4.69, 9.17) is 4.74 Å². The lowest BCUT2D eigenvalue weighted by molar-refractivity contribution is 0.405. The maximum absolute atomic E-state index is 13.6. The van der Waals surface area contributed by atoms with Gasteiger partial charge in [0.2, 0.25) is 0 Å². The molecule has 0 aromatic heterocycles. The fraction of sp³-hybridized carbons (Fsp3) is 0.294. The summed E-state index contributed by atoms with van der Waals surface area (Å²) in [5, 5.41) is 3.40. The zero-order valence-electron chi connectivity index (χ0n) is 11.9. The molecule has 106 valence electrons. The van der Waals surface area contributed by atoms with Crippen LogP contribution in [0.2, 0.25) is 0 Å². The van der Waals surface area contributed by atoms with E-state index in [1.165, 1.54) is 6.07 Å². The highest BCUT2D eigenvalue weighted by molar-refractivity contribution is 5.33. The summed E-state index contributed by atoms with van der Waals surface area (Å²) in [6.45, 7) is 2.77. The van der Waals surface area contributed by atoms with Crippen LogP contribution >= 0.6 is 0 Å². The Bertz CT molecular complexity index is 556. The first-order valence-electron chi connectivity index (χ1n) is 6.79. The van der Waals surface area contributed by atoms with E-state index in [0.29, 0.717) is 13.0 Å². The van der Waals surface area contributed by atoms with Gasteiger partial charge in [-0.2, -0.15) is 0 Å². The smallest absolute Gasteiger partial charge is 0.126 e. The molecule has 2 nitrogen and oxygen atoms in total. The minimum absolute atomic E-state index is 0.140. The van der Waals surface area contributed by atoms with Crippen molar-refractivity contribution >= 4 is 0 Å². The summed E-state index contributed by atoms with van der Waals surface area (Å²) >= 11 is 0. The Balaban J connectivity index is 1.92. The first kappa shape index (κ1) is 14.5. The van der Waals surface area contributed by atoms with Gasteiger partial charge in [-0.25, -0.2) is 4.39 Å². The SMILES string of the molecule is COc1ccccc1CNC(C)Cc1ccccc1F. The van der Waals surface area contributed by atoms with E-state index >= 15 is 0 Å². The van der Waals surface area contributed by atoms with Gasteiger partial charge in [-0.15, -0.1) is 0 Å². The van der Waals surface area contributed by atoms with Gasteiger partial charge in [-0.3, -0.25) is 0 Å². The Morgan fingerprint density at radius 3 is 2.40 bits per heavy atom. The topological polar surface area (TPSA) is 21.3 Å². The standard InChI is InChI=1S/C17H20FNO/c1-13(11-14-7-3-5-9-16(14)18)19-12-15-8-4-6-10-17(15)20-2/h3-10,13,19H,11-12H2,1-2H3. The summed E-state index contributed by atoms with van der Waals surface area (Å²) in [4.78, 5) is 0. The van der Waals surface area contributed by atoms with E-state index in [-0.39, 0.29) is 11.9 Å². The van der Waals surface area contributed by atoms with Crippen LogP contribution in [0.4, 0.5) is 4.39 Å². The van der Waals surface area contributed by atoms with Crippen LogP contribution in [0.5, 0.6) is 5.75 Å². The molecular formula is C17H20FNO. The minimum atomic E-state index is -0.140. The molecule has 3 heteroatoms. The third kappa shape index (κ3) is 3.81. The highest BCUT2D eigenvalue weighted by atomic mass is 19.1. The zero-order valence-corrected chi connectivity index (χ0v) is 11.9. The first-order valence-corrected chi connectivity index (χ1v) is 6.79. The Hall–Kier alpha value is -1.87. The van der Waals surface area contributed by atoms with Gasteiger partial charge in [0.15, 0.2) is 0 Å². The number of ether oxygens (including phenoxy) is 1. The van der Waals surface area contributed by atoms with Crippen LogP contribution in [0, 0.1) is 5.82 Å². The van der Waals surface area contributed by atoms with Gasteiger partial charge in [0.25, 0.3) is 0 Å². The fourth-order valence-corrected chi connectivity index (χ4v) is 2.20. The van der Waals surface area contributed by atoms with Gasteiger partial charge >= 0.3 is 0 Å². The van der Waals surface area contributed by atoms with E-state index < -0.39 is 0 Å². The Morgan fingerprint density at radius 1 is 1.05 bits per heavy atom. The summed E-state index contributed by atoms with van der Waals surface area (Å²) < 4.78 is 18.9. The third-order valence-electron chi connectivity index (χ3n) is 3.32. The molecule has 2 aromatic rings. The summed E-state index contributed by atoms with van der Waals surface area (Å²) in [6.07, 6.45) is 0.668. The van der Waals surface area contributed by atoms with Crippen LogP contribution in [0.1, 0.15) is 18.1 Å². The molecule has 0 amide bonds. The van der Waals surface area contributed by atoms with Gasteiger partial charge in [0, 0.05) is 18.2 Å². The molecule has 0 heterocycles. The maximum atomic E-state index is 13.6. The number of methoxy groups -OCH3 is 1. The van der Waals surface area contributed by atoms with Gasteiger partial charge in [-0.05, 0) is 31.0 Å². The Labute approximate surface area is 119 Å². The molecule has 20 heavy (non-hydrogen) atoms. The van der Waals surface area contributed by atoms with Crippen LogP contribution < -0.4 is 10.1 Å². The molecule has 0 saturated carbocycles. The summed E-state index contributed by atoms with van der Waals surface area (Å²) in [7, 11) is 1.67. The zero-order chi connectivity index (χ0) is 14.4. The number of hydrogen-bond donors (Lipinski definition) is 1. The molecule has 0 fully saturated rings. The number of halogens is 1. The van der Waals surface area contributed by atoms with Crippen molar-refractivity contribution in [1.29, 1.82) is 0 Å². The van der Waals surface area contributed by atoms with Crippen LogP contribution in [0.15, 0.2) is 48.5 Å². The number of para-hydroxylation sites is 1. The molecule has 1 atom stereocenters. The number of benzene rings is 2. The fourth-order valence-electron chi connectivity index (χ4n) is 2.20. The first-order chi connectivity index (χ1) is 9.70. The summed E-state index contributed by atoms with van der Waals surface area (Å²) in [5.41, 5.74) is 1.85. The van der Waals surface area contributed by atoms with E-state index in [1.54, 1.807) is 13.2 Å². The predicted octanol–water partition coefficient (Wildman–Crippen LogP) is 3.56. The molecule has 1 N–H and O–H groups in total. The molecule has 1 unspecified atom stereocenters. The molecule has 0 aliphatic rings. The van der Waals surface area contributed by atoms with Crippen LogP contribution in [-0.2, 0) is 13.0 Å². The number of nitrogens with one attached hydrogen (secondary N) is 1. The van der Waals surface area contributed by atoms with Crippen molar-refractivity contribution in [2.24, 2.45) is 0 Å². The van der Waals surface area contributed by atoms with Gasteiger partial charge in [0.1, 0.15) is 11.6 Å². The third-order valence-corrected chi connectivity index (χ3v) is 3.32.